The normalized spacial score (nSPS) is 16.7. The fourth-order valence-electron chi connectivity index (χ4n) is 3.20. The maximum absolute atomic E-state index is 12.5. The summed E-state index contributed by atoms with van der Waals surface area (Å²) in [5.74, 6) is -0.986. The molecule has 0 bridgehead atoms. The second-order valence-corrected chi connectivity index (χ2v) is 6.47. The van der Waals surface area contributed by atoms with Gasteiger partial charge in [0.2, 0.25) is 17.7 Å². The molecular formula is C20H23N3O3. The lowest BCUT2D eigenvalue weighted by Crippen LogP contribution is -2.40. The zero-order valence-corrected chi connectivity index (χ0v) is 14.8. The van der Waals surface area contributed by atoms with Gasteiger partial charge in [-0.2, -0.15) is 0 Å². The Balaban J connectivity index is 1.67. The van der Waals surface area contributed by atoms with E-state index in [1.165, 1.54) is 0 Å². The zero-order valence-electron chi connectivity index (χ0n) is 14.8. The molecular weight excluding hydrogens is 330 g/mol. The quantitative estimate of drug-likeness (QED) is 0.832. The van der Waals surface area contributed by atoms with Crippen LogP contribution in [0, 0.1) is 5.92 Å². The van der Waals surface area contributed by atoms with Crippen molar-refractivity contribution in [3.05, 3.63) is 42.5 Å². The van der Waals surface area contributed by atoms with Gasteiger partial charge in [-0.25, -0.2) is 0 Å². The van der Waals surface area contributed by atoms with E-state index in [2.05, 4.69) is 10.6 Å². The average molecular weight is 353 g/mol. The number of rotatable bonds is 6. The van der Waals surface area contributed by atoms with Crippen LogP contribution >= 0.6 is 0 Å². The number of hydrogen-bond acceptors (Lipinski definition) is 3. The molecule has 1 aliphatic rings. The summed E-state index contributed by atoms with van der Waals surface area (Å²) in [6.07, 6.45) is 1.00. The van der Waals surface area contributed by atoms with E-state index in [4.69, 9.17) is 0 Å². The molecule has 0 spiro atoms. The molecule has 2 N–H and O–H groups in total. The summed E-state index contributed by atoms with van der Waals surface area (Å²) in [5.41, 5.74) is 0.823. The van der Waals surface area contributed by atoms with Crippen LogP contribution in [0.5, 0.6) is 0 Å². The van der Waals surface area contributed by atoms with Crippen LogP contribution in [0.2, 0.25) is 0 Å². The van der Waals surface area contributed by atoms with Crippen LogP contribution in [0.4, 0.5) is 5.69 Å². The molecule has 1 aliphatic heterocycles. The van der Waals surface area contributed by atoms with E-state index in [0.29, 0.717) is 13.1 Å². The molecule has 2 aromatic rings. The van der Waals surface area contributed by atoms with E-state index in [1.54, 1.807) is 4.90 Å². The first-order chi connectivity index (χ1) is 12.6. The summed E-state index contributed by atoms with van der Waals surface area (Å²) in [6, 6.07) is 13.7. The van der Waals surface area contributed by atoms with E-state index in [9.17, 15) is 14.4 Å². The minimum atomic E-state index is -0.444. The van der Waals surface area contributed by atoms with Crippen LogP contribution in [0.1, 0.15) is 19.8 Å². The SMILES string of the molecule is CCCNC(=O)CNC(=O)C1CC(=O)N(c2cccc3ccccc23)C1. The maximum atomic E-state index is 12.5. The van der Waals surface area contributed by atoms with Crippen LogP contribution in [-0.2, 0) is 14.4 Å². The lowest BCUT2D eigenvalue weighted by Gasteiger charge is -2.19. The average Bonchev–Trinajstić information content (AvgIpc) is 3.05. The Labute approximate surface area is 152 Å². The van der Waals surface area contributed by atoms with Gasteiger partial charge in [-0.1, -0.05) is 43.3 Å². The summed E-state index contributed by atoms with van der Waals surface area (Å²) >= 11 is 0. The first-order valence-electron chi connectivity index (χ1n) is 8.92. The Morgan fingerprint density at radius 2 is 1.88 bits per heavy atom. The summed E-state index contributed by atoms with van der Waals surface area (Å²) in [6.45, 7) is 2.82. The van der Waals surface area contributed by atoms with E-state index >= 15 is 0 Å². The first-order valence-corrected chi connectivity index (χ1v) is 8.92. The Morgan fingerprint density at radius 3 is 2.69 bits per heavy atom. The van der Waals surface area contributed by atoms with E-state index < -0.39 is 5.92 Å². The van der Waals surface area contributed by atoms with Crippen molar-refractivity contribution in [1.29, 1.82) is 0 Å². The second kappa shape index (κ2) is 7.99. The number of amides is 3. The van der Waals surface area contributed by atoms with Crippen LogP contribution in [0.15, 0.2) is 42.5 Å². The van der Waals surface area contributed by atoms with Gasteiger partial charge in [0.05, 0.1) is 18.2 Å². The third-order valence-corrected chi connectivity index (χ3v) is 4.55. The molecule has 136 valence electrons. The van der Waals surface area contributed by atoms with Crippen molar-refractivity contribution < 1.29 is 14.4 Å². The smallest absolute Gasteiger partial charge is 0.239 e. The van der Waals surface area contributed by atoms with Crippen molar-refractivity contribution in [2.24, 2.45) is 5.92 Å². The largest absolute Gasteiger partial charge is 0.355 e. The highest BCUT2D eigenvalue weighted by atomic mass is 16.2. The van der Waals surface area contributed by atoms with Crippen molar-refractivity contribution in [2.75, 3.05) is 24.5 Å². The number of nitrogens with zero attached hydrogens (tertiary/aromatic N) is 1. The van der Waals surface area contributed by atoms with E-state index in [-0.39, 0.29) is 30.7 Å². The van der Waals surface area contributed by atoms with Gasteiger partial charge < -0.3 is 15.5 Å². The van der Waals surface area contributed by atoms with Crippen molar-refractivity contribution in [1.82, 2.24) is 10.6 Å². The zero-order chi connectivity index (χ0) is 18.5. The van der Waals surface area contributed by atoms with Crippen molar-refractivity contribution in [3.63, 3.8) is 0 Å². The van der Waals surface area contributed by atoms with Gasteiger partial charge in [-0.3, -0.25) is 14.4 Å². The Hall–Kier alpha value is -2.89. The number of benzene rings is 2. The molecule has 0 aliphatic carbocycles. The van der Waals surface area contributed by atoms with E-state index in [1.807, 2.05) is 49.4 Å². The first kappa shape index (κ1) is 17.9. The highest BCUT2D eigenvalue weighted by molar-refractivity contribution is 6.07. The molecule has 6 heteroatoms. The second-order valence-electron chi connectivity index (χ2n) is 6.47. The third-order valence-electron chi connectivity index (χ3n) is 4.55. The predicted molar refractivity (Wildman–Crippen MR) is 101 cm³/mol. The molecule has 6 nitrogen and oxygen atoms in total. The van der Waals surface area contributed by atoms with Gasteiger partial charge in [0.15, 0.2) is 0 Å². The summed E-state index contributed by atoms with van der Waals surface area (Å²) in [5, 5.41) is 7.39. The fourth-order valence-corrected chi connectivity index (χ4v) is 3.20. The number of carbonyl (C=O) groups excluding carboxylic acids is 3. The van der Waals surface area contributed by atoms with Crippen LogP contribution in [0.25, 0.3) is 10.8 Å². The number of hydrogen-bond donors (Lipinski definition) is 2. The van der Waals surface area contributed by atoms with Crippen molar-refractivity contribution in [3.8, 4) is 0 Å². The van der Waals surface area contributed by atoms with E-state index in [0.717, 1.165) is 22.9 Å². The van der Waals surface area contributed by atoms with Gasteiger partial charge in [0.1, 0.15) is 0 Å². The van der Waals surface area contributed by atoms with Crippen molar-refractivity contribution in [2.45, 2.75) is 19.8 Å². The number of carbonyl (C=O) groups is 3. The van der Waals surface area contributed by atoms with Crippen LogP contribution < -0.4 is 15.5 Å². The molecule has 1 atom stereocenters. The molecule has 0 radical (unpaired) electrons. The predicted octanol–water partition coefficient (Wildman–Crippen LogP) is 1.84. The van der Waals surface area contributed by atoms with Crippen molar-refractivity contribution >= 4 is 34.2 Å². The summed E-state index contributed by atoms with van der Waals surface area (Å²) < 4.78 is 0. The molecule has 3 rings (SSSR count). The number of fused-ring (bicyclic) bond motifs is 1. The van der Waals surface area contributed by atoms with Gasteiger partial charge in [-0.05, 0) is 17.9 Å². The van der Waals surface area contributed by atoms with Gasteiger partial charge in [0, 0.05) is 24.9 Å². The molecule has 1 saturated heterocycles. The molecule has 2 aromatic carbocycles. The highest BCUT2D eigenvalue weighted by Gasteiger charge is 2.35. The third kappa shape index (κ3) is 3.85. The lowest BCUT2D eigenvalue weighted by molar-refractivity contribution is -0.128. The minimum absolute atomic E-state index is 0.0577. The number of anilines is 1. The fraction of sp³-hybridized carbons (Fsp3) is 0.350. The monoisotopic (exact) mass is 353 g/mol. The summed E-state index contributed by atoms with van der Waals surface area (Å²) in [7, 11) is 0. The molecule has 26 heavy (non-hydrogen) atoms. The molecule has 1 heterocycles. The Morgan fingerprint density at radius 1 is 1.12 bits per heavy atom. The lowest BCUT2D eigenvalue weighted by atomic mass is 10.1. The molecule has 1 unspecified atom stereocenters. The molecule has 0 aromatic heterocycles. The highest BCUT2D eigenvalue weighted by Crippen LogP contribution is 2.31. The Kier molecular flexibility index (Phi) is 5.51. The standard InChI is InChI=1S/C20H23N3O3/c1-2-10-21-18(24)12-22-20(26)15-11-19(25)23(13-15)17-9-5-7-14-6-3-4-8-16(14)17/h3-9,15H,2,10-13H2,1H3,(H,21,24)(H,22,26). The molecule has 1 fully saturated rings. The summed E-state index contributed by atoms with van der Waals surface area (Å²) in [4.78, 5) is 38.1. The van der Waals surface area contributed by atoms with Gasteiger partial charge >= 0.3 is 0 Å². The van der Waals surface area contributed by atoms with Crippen LogP contribution in [-0.4, -0.2) is 37.4 Å². The molecule has 0 saturated carbocycles. The topological polar surface area (TPSA) is 78.5 Å². The minimum Gasteiger partial charge on any atom is -0.355 e. The number of nitrogens with one attached hydrogen (secondary N) is 2. The maximum Gasteiger partial charge on any atom is 0.239 e. The molecule has 3 amide bonds. The van der Waals surface area contributed by atoms with Crippen LogP contribution in [0.3, 0.4) is 0 Å². The van der Waals surface area contributed by atoms with Gasteiger partial charge in [-0.15, -0.1) is 0 Å². The Bertz CT molecular complexity index is 829. The van der Waals surface area contributed by atoms with Gasteiger partial charge in [0.25, 0.3) is 0 Å².